The van der Waals surface area contributed by atoms with Crippen LogP contribution >= 0.6 is 22.6 Å². The van der Waals surface area contributed by atoms with Crippen LogP contribution in [-0.2, 0) is 0 Å². The molecule has 0 aromatic carbocycles. The molecule has 14 rings (SSSR count). The minimum Gasteiger partial charge on any atom is -0.356 e. The van der Waals surface area contributed by atoms with Gasteiger partial charge in [-0.1, -0.05) is 78.1 Å². The molecule has 8 atom stereocenters. The van der Waals surface area contributed by atoms with E-state index in [1.54, 1.807) is 11.1 Å². The normalized spacial score (nSPS) is 34.7. The summed E-state index contributed by atoms with van der Waals surface area (Å²) in [5.74, 6) is 3.96. The molecule has 0 amide bonds. The lowest BCUT2D eigenvalue weighted by atomic mass is 9.72. The minimum absolute atomic E-state index is 0.456. The van der Waals surface area contributed by atoms with Crippen molar-refractivity contribution in [1.29, 1.82) is 0 Å². The maximum atomic E-state index is 4.10. The van der Waals surface area contributed by atoms with Crippen LogP contribution < -0.4 is 26.7 Å². The Morgan fingerprint density at radius 2 is 0.980 bits per heavy atom. The zero-order chi connectivity index (χ0) is 32.4. The number of aromatic amines is 3. The number of H-pyrrole nitrogens is 3. The van der Waals surface area contributed by atoms with Gasteiger partial charge >= 0.3 is 0 Å². The van der Waals surface area contributed by atoms with E-state index in [0.29, 0.717) is 47.3 Å². The molecule has 8 aliphatic carbocycles. The molecule has 0 spiro atoms. The summed E-state index contributed by atoms with van der Waals surface area (Å²) < 4.78 is 1.15. The Morgan fingerprint density at radius 3 is 1.43 bits per heavy atom. The zero-order valence-corrected chi connectivity index (χ0v) is 30.4. The van der Waals surface area contributed by atoms with Crippen LogP contribution in [0.4, 0.5) is 0 Å². The SMILES string of the molecule is CC1CCC(CI)c2c3[nH]c(c21)C=c1[nH]c(c2c1C1C=CC2CC1)=C/C1=C/C2C=CC(/C=C(\C=c4[nH]c(c5c4C4C=CC5CC4)=C3)N1)CC2. The third-order valence-corrected chi connectivity index (χ3v) is 14.4. The number of alkyl halides is 1. The van der Waals surface area contributed by atoms with Crippen molar-refractivity contribution in [1.82, 2.24) is 20.3 Å². The molecule has 14 bridgehead atoms. The number of rotatable bonds is 1. The Balaban J connectivity index is 1.26. The Labute approximate surface area is 301 Å². The second-order valence-corrected chi connectivity index (χ2v) is 17.1. The molecule has 0 radical (unpaired) electrons. The Kier molecular flexibility index (Phi) is 6.59. The van der Waals surface area contributed by atoms with Gasteiger partial charge in [-0.3, -0.25) is 0 Å². The van der Waals surface area contributed by atoms with Gasteiger partial charge in [0.1, 0.15) is 0 Å². The van der Waals surface area contributed by atoms with Crippen LogP contribution in [0.3, 0.4) is 0 Å². The Hall–Kier alpha value is -3.45. The number of hydrogen-bond donors (Lipinski definition) is 4. The van der Waals surface area contributed by atoms with Crippen molar-refractivity contribution in [3.63, 3.8) is 0 Å². The third-order valence-electron chi connectivity index (χ3n) is 13.4. The van der Waals surface area contributed by atoms with Gasteiger partial charge in [-0.15, -0.1) is 0 Å². The maximum absolute atomic E-state index is 4.10. The summed E-state index contributed by atoms with van der Waals surface area (Å²) >= 11 is 2.64. The summed E-state index contributed by atoms with van der Waals surface area (Å²) in [5.41, 5.74) is 14.3. The first-order valence-corrected chi connectivity index (χ1v) is 20.6. The molecule has 3 aromatic heterocycles. The van der Waals surface area contributed by atoms with E-state index in [0.717, 1.165) is 4.43 Å². The second kappa shape index (κ2) is 11.0. The lowest BCUT2D eigenvalue weighted by Crippen LogP contribution is -2.25. The van der Waals surface area contributed by atoms with Crippen molar-refractivity contribution in [3.05, 3.63) is 126 Å². The zero-order valence-electron chi connectivity index (χ0n) is 28.3. The lowest BCUT2D eigenvalue weighted by Gasteiger charge is -2.31. The molecule has 0 fully saturated rings. The predicted molar refractivity (Wildman–Crippen MR) is 209 cm³/mol. The van der Waals surface area contributed by atoms with E-state index in [4.69, 9.17) is 0 Å². The molecule has 49 heavy (non-hydrogen) atoms. The molecule has 11 aliphatic rings. The van der Waals surface area contributed by atoms with Gasteiger partial charge in [-0.05, 0) is 133 Å². The molecule has 0 saturated heterocycles. The fourth-order valence-electron chi connectivity index (χ4n) is 11.1. The minimum atomic E-state index is 0.456. The van der Waals surface area contributed by atoms with E-state index in [2.05, 4.69) is 123 Å². The van der Waals surface area contributed by atoms with E-state index in [9.17, 15) is 0 Å². The van der Waals surface area contributed by atoms with Gasteiger partial charge in [-0.2, -0.15) is 0 Å². The average molecular weight is 757 g/mol. The number of hydrogen-bond acceptors (Lipinski definition) is 1. The molecule has 8 unspecified atom stereocenters. The molecular formula is C44H45IN4. The van der Waals surface area contributed by atoms with Crippen molar-refractivity contribution in [2.24, 2.45) is 11.8 Å². The highest BCUT2D eigenvalue weighted by Gasteiger charge is 2.35. The summed E-state index contributed by atoms with van der Waals surface area (Å²) in [6, 6.07) is 0. The number of halogens is 1. The van der Waals surface area contributed by atoms with Crippen molar-refractivity contribution in [2.45, 2.75) is 93.8 Å². The molecule has 5 heteroatoms. The van der Waals surface area contributed by atoms with Gasteiger partial charge < -0.3 is 20.3 Å². The summed E-state index contributed by atoms with van der Waals surface area (Å²) in [4.78, 5) is 12.2. The predicted octanol–water partition coefficient (Wildman–Crippen LogP) is 7.33. The molecule has 4 N–H and O–H groups in total. The van der Waals surface area contributed by atoms with E-state index in [1.807, 2.05) is 0 Å². The number of fused-ring (bicyclic) bond motifs is 12. The first-order chi connectivity index (χ1) is 24.1. The fraction of sp³-hybridized carbons (Fsp3) is 0.409. The summed E-state index contributed by atoms with van der Waals surface area (Å²) in [6.07, 6.45) is 39.7. The molecule has 6 heterocycles. The smallest absolute Gasteiger partial charge is 0.0447 e. The van der Waals surface area contributed by atoms with E-state index in [-0.39, 0.29) is 0 Å². The van der Waals surface area contributed by atoms with Crippen molar-refractivity contribution >= 4 is 46.9 Å². The van der Waals surface area contributed by atoms with Gasteiger partial charge in [0.25, 0.3) is 0 Å². The maximum Gasteiger partial charge on any atom is 0.0447 e. The van der Waals surface area contributed by atoms with Crippen LogP contribution in [0.5, 0.6) is 0 Å². The first kappa shape index (κ1) is 29.3. The monoisotopic (exact) mass is 756 g/mol. The van der Waals surface area contributed by atoms with Gasteiger partial charge in [0, 0.05) is 72.3 Å². The van der Waals surface area contributed by atoms with Crippen LogP contribution in [0.25, 0.3) is 24.3 Å². The highest BCUT2D eigenvalue weighted by Crippen LogP contribution is 2.46. The summed E-state index contributed by atoms with van der Waals surface area (Å²) in [5, 5.41) is 9.20. The molecular weight excluding hydrogens is 711 g/mol. The van der Waals surface area contributed by atoms with Gasteiger partial charge in [-0.25, -0.2) is 0 Å². The highest BCUT2D eigenvalue weighted by molar-refractivity contribution is 14.1. The second-order valence-electron chi connectivity index (χ2n) is 16.3. The first-order valence-electron chi connectivity index (χ1n) is 19.1. The van der Waals surface area contributed by atoms with Crippen molar-refractivity contribution in [3.8, 4) is 0 Å². The van der Waals surface area contributed by atoms with E-state index < -0.39 is 0 Å². The molecule has 0 saturated carbocycles. The standard InChI is InChI=1S/C44H45IN4/c1-23-2-7-30(22-45)44-38-21-37-43-29-14-10-27(11-15-29)41(43)34(48-37)19-32-17-25-5-3-24(4-6-25)16-31(46-32)18-33-40-26-8-12-28(13-9-26)42(40)36(47-33)20-35(49-38)39(23)44/h3,5,8,10,12,14,16-21,23-30,46-49H,2,4,6-7,9,11,13,15,22H2,1H3/b31-16-,32-17+,33-18?,34-19?,36-20?,37-21?. The Morgan fingerprint density at radius 1 is 0.510 bits per heavy atom. The van der Waals surface area contributed by atoms with Gasteiger partial charge in [0.15, 0.2) is 0 Å². The average Bonchev–Trinajstić information content (AvgIpc) is 3.83. The lowest BCUT2D eigenvalue weighted by molar-refractivity contribution is 0.537. The number of aromatic nitrogens is 3. The third kappa shape index (κ3) is 4.52. The number of nitrogens with one attached hydrogen (secondary N) is 4. The van der Waals surface area contributed by atoms with Crippen LogP contribution in [0, 0.1) is 11.8 Å². The number of allylic oxidation sites excluding steroid dienone is 10. The topological polar surface area (TPSA) is 59.4 Å². The molecule has 248 valence electrons. The van der Waals surface area contributed by atoms with Crippen LogP contribution in [-0.4, -0.2) is 19.4 Å². The van der Waals surface area contributed by atoms with Gasteiger partial charge in [0.05, 0.1) is 0 Å². The van der Waals surface area contributed by atoms with Crippen LogP contribution in [0.1, 0.15) is 139 Å². The summed E-state index contributed by atoms with van der Waals surface area (Å²) in [6.45, 7) is 2.46. The van der Waals surface area contributed by atoms with Crippen LogP contribution in [0.15, 0.2) is 60.0 Å². The highest BCUT2D eigenvalue weighted by atomic mass is 127. The van der Waals surface area contributed by atoms with Crippen LogP contribution in [0.2, 0.25) is 0 Å². The molecule has 3 aliphatic heterocycles. The quantitative estimate of drug-likeness (QED) is 0.117. The molecule has 4 nitrogen and oxygen atoms in total. The van der Waals surface area contributed by atoms with E-state index >= 15 is 0 Å². The van der Waals surface area contributed by atoms with Crippen molar-refractivity contribution in [2.75, 3.05) is 4.43 Å². The van der Waals surface area contributed by atoms with E-state index in [1.165, 1.54) is 118 Å². The molecule has 3 aromatic rings. The summed E-state index contributed by atoms with van der Waals surface area (Å²) in [7, 11) is 0. The van der Waals surface area contributed by atoms with Crippen molar-refractivity contribution < 1.29 is 0 Å². The largest absolute Gasteiger partial charge is 0.356 e. The fourth-order valence-corrected chi connectivity index (χ4v) is 12.0. The Bertz CT molecular complexity index is 2330. The van der Waals surface area contributed by atoms with Gasteiger partial charge in [0.2, 0.25) is 0 Å².